The lowest BCUT2D eigenvalue weighted by molar-refractivity contribution is 0.505. The van der Waals surface area contributed by atoms with Crippen molar-refractivity contribution in [3.8, 4) is 0 Å². The summed E-state index contributed by atoms with van der Waals surface area (Å²) in [7, 11) is 0. The van der Waals surface area contributed by atoms with Gasteiger partial charge in [0.15, 0.2) is 0 Å². The maximum Gasteiger partial charge on any atom is 0.124 e. The molecule has 1 atom stereocenters. The summed E-state index contributed by atoms with van der Waals surface area (Å²) in [5.74, 6) is 0.296. The van der Waals surface area contributed by atoms with E-state index >= 15 is 0 Å². The van der Waals surface area contributed by atoms with Crippen molar-refractivity contribution >= 4 is 11.6 Å². The third kappa shape index (κ3) is 2.46. The predicted octanol–water partition coefficient (Wildman–Crippen LogP) is 3.18. The zero-order chi connectivity index (χ0) is 10.7. The molecule has 1 nitrogen and oxygen atoms in total. The van der Waals surface area contributed by atoms with Crippen LogP contribution in [0.15, 0.2) is 18.2 Å². The molecule has 1 unspecified atom stereocenters. The number of hydrogen-bond acceptors (Lipinski definition) is 1. The quantitative estimate of drug-likeness (QED) is 0.824. The van der Waals surface area contributed by atoms with E-state index in [4.69, 9.17) is 17.3 Å². The van der Waals surface area contributed by atoms with Gasteiger partial charge in [-0.05, 0) is 36.1 Å². The lowest BCUT2D eigenvalue weighted by Gasteiger charge is -2.20. The van der Waals surface area contributed by atoms with E-state index in [9.17, 15) is 4.39 Å². The van der Waals surface area contributed by atoms with Crippen molar-refractivity contribution in [1.29, 1.82) is 0 Å². The second-order valence-electron chi connectivity index (χ2n) is 3.75. The van der Waals surface area contributed by atoms with E-state index in [1.165, 1.54) is 12.1 Å². The Bertz CT molecular complexity index is 312. The smallest absolute Gasteiger partial charge is 0.124 e. The van der Waals surface area contributed by atoms with Crippen LogP contribution in [0.1, 0.15) is 25.3 Å². The average Bonchev–Trinajstić information content (AvgIpc) is 2.09. The van der Waals surface area contributed by atoms with Gasteiger partial charge in [0.25, 0.3) is 0 Å². The minimum Gasteiger partial charge on any atom is -0.330 e. The van der Waals surface area contributed by atoms with Crippen LogP contribution in [0.3, 0.4) is 0 Å². The largest absolute Gasteiger partial charge is 0.330 e. The van der Waals surface area contributed by atoms with Gasteiger partial charge in [-0.25, -0.2) is 4.39 Å². The Morgan fingerprint density at radius 3 is 2.50 bits per heavy atom. The second kappa shape index (κ2) is 4.76. The molecule has 1 aromatic carbocycles. The van der Waals surface area contributed by atoms with Gasteiger partial charge in [-0.15, -0.1) is 0 Å². The van der Waals surface area contributed by atoms with Crippen molar-refractivity contribution in [3.05, 3.63) is 34.6 Å². The lowest BCUT2D eigenvalue weighted by Crippen LogP contribution is -2.18. The highest BCUT2D eigenvalue weighted by molar-refractivity contribution is 6.31. The summed E-state index contributed by atoms with van der Waals surface area (Å²) in [5, 5.41) is 0.467. The topological polar surface area (TPSA) is 26.0 Å². The molecule has 0 aliphatic heterocycles. The fraction of sp³-hybridized carbons (Fsp3) is 0.455. The Hall–Kier alpha value is -0.600. The number of hydrogen-bond donors (Lipinski definition) is 1. The van der Waals surface area contributed by atoms with E-state index in [1.54, 1.807) is 6.07 Å². The van der Waals surface area contributed by atoms with Crippen LogP contribution in [0.2, 0.25) is 5.02 Å². The molecule has 0 aliphatic carbocycles. The molecule has 0 saturated carbocycles. The molecule has 0 aromatic heterocycles. The Morgan fingerprint density at radius 1 is 1.43 bits per heavy atom. The number of nitrogens with two attached hydrogens (primary N) is 1. The molecule has 0 bridgehead atoms. The molecule has 1 aromatic rings. The molecule has 2 N–H and O–H groups in total. The van der Waals surface area contributed by atoms with Gasteiger partial charge in [0.1, 0.15) is 5.82 Å². The van der Waals surface area contributed by atoms with Crippen LogP contribution in [0.5, 0.6) is 0 Å². The molecule has 0 fully saturated rings. The van der Waals surface area contributed by atoms with Gasteiger partial charge in [0.2, 0.25) is 0 Å². The molecule has 0 radical (unpaired) electrons. The zero-order valence-electron chi connectivity index (χ0n) is 8.43. The van der Waals surface area contributed by atoms with Crippen molar-refractivity contribution in [1.82, 2.24) is 0 Å². The summed E-state index contributed by atoms with van der Waals surface area (Å²) in [4.78, 5) is 0. The van der Waals surface area contributed by atoms with Crippen LogP contribution < -0.4 is 5.73 Å². The normalized spacial score (nSPS) is 13.3. The van der Waals surface area contributed by atoms with E-state index in [-0.39, 0.29) is 11.7 Å². The molecule has 0 amide bonds. The minimum atomic E-state index is -0.307. The summed E-state index contributed by atoms with van der Waals surface area (Å²) in [5.41, 5.74) is 6.60. The summed E-state index contributed by atoms with van der Waals surface area (Å²) in [6.45, 7) is 4.69. The van der Waals surface area contributed by atoms with Crippen LogP contribution in [0.4, 0.5) is 4.39 Å². The van der Waals surface area contributed by atoms with Crippen molar-refractivity contribution in [2.24, 2.45) is 11.7 Å². The molecule has 0 heterocycles. The lowest BCUT2D eigenvalue weighted by atomic mass is 9.88. The minimum absolute atomic E-state index is 0.197. The Kier molecular flexibility index (Phi) is 3.90. The number of benzene rings is 1. The fourth-order valence-electron chi connectivity index (χ4n) is 1.56. The third-order valence-corrected chi connectivity index (χ3v) is 2.75. The predicted molar refractivity (Wildman–Crippen MR) is 58.0 cm³/mol. The van der Waals surface area contributed by atoms with Gasteiger partial charge in [-0.2, -0.15) is 0 Å². The summed E-state index contributed by atoms with van der Waals surface area (Å²) in [6, 6.07) is 4.48. The molecule has 14 heavy (non-hydrogen) atoms. The highest BCUT2D eigenvalue weighted by atomic mass is 35.5. The molecular formula is C11H15ClFN. The van der Waals surface area contributed by atoms with E-state index in [0.717, 1.165) is 5.56 Å². The number of halogens is 2. The molecule has 78 valence electrons. The van der Waals surface area contributed by atoms with Crippen molar-refractivity contribution < 1.29 is 4.39 Å². The van der Waals surface area contributed by atoms with Gasteiger partial charge in [-0.3, -0.25) is 0 Å². The average molecular weight is 216 g/mol. The number of rotatable bonds is 3. The molecule has 0 aliphatic rings. The second-order valence-corrected chi connectivity index (χ2v) is 4.16. The van der Waals surface area contributed by atoms with Crippen molar-refractivity contribution in [2.75, 3.05) is 6.54 Å². The maximum absolute atomic E-state index is 12.8. The van der Waals surface area contributed by atoms with Crippen LogP contribution in [0, 0.1) is 11.7 Å². The van der Waals surface area contributed by atoms with Gasteiger partial charge in [-0.1, -0.05) is 31.5 Å². The van der Waals surface area contributed by atoms with E-state index in [2.05, 4.69) is 13.8 Å². The Morgan fingerprint density at radius 2 is 2.07 bits per heavy atom. The first-order chi connectivity index (χ1) is 6.56. The molecule has 0 spiro atoms. The van der Waals surface area contributed by atoms with Crippen LogP contribution in [-0.2, 0) is 0 Å². The Balaban J connectivity index is 3.04. The third-order valence-electron chi connectivity index (χ3n) is 2.42. The fourth-order valence-corrected chi connectivity index (χ4v) is 1.87. The summed E-state index contributed by atoms with van der Waals surface area (Å²) >= 11 is 5.95. The van der Waals surface area contributed by atoms with Gasteiger partial charge in [0, 0.05) is 5.02 Å². The molecule has 1 rings (SSSR count). The standard InChI is InChI=1S/C11H15ClFN/c1-7(2)10(6-14)9-4-3-8(13)5-11(9)12/h3-5,7,10H,6,14H2,1-2H3. The van der Waals surface area contributed by atoms with E-state index in [0.29, 0.717) is 17.5 Å². The van der Waals surface area contributed by atoms with Crippen LogP contribution >= 0.6 is 11.6 Å². The Labute approximate surface area is 89.1 Å². The molecular weight excluding hydrogens is 201 g/mol. The molecule has 3 heteroatoms. The van der Waals surface area contributed by atoms with Gasteiger partial charge < -0.3 is 5.73 Å². The maximum atomic E-state index is 12.8. The first-order valence-electron chi connectivity index (χ1n) is 4.71. The monoisotopic (exact) mass is 215 g/mol. The van der Waals surface area contributed by atoms with E-state index in [1.807, 2.05) is 0 Å². The van der Waals surface area contributed by atoms with Crippen LogP contribution in [0.25, 0.3) is 0 Å². The van der Waals surface area contributed by atoms with Crippen molar-refractivity contribution in [2.45, 2.75) is 19.8 Å². The molecule has 0 saturated heterocycles. The van der Waals surface area contributed by atoms with Gasteiger partial charge >= 0.3 is 0 Å². The first kappa shape index (κ1) is 11.5. The summed E-state index contributed by atoms with van der Waals surface area (Å²) < 4.78 is 12.8. The first-order valence-corrected chi connectivity index (χ1v) is 5.09. The van der Waals surface area contributed by atoms with Gasteiger partial charge in [0.05, 0.1) is 0 Å². The SMILES string of the molecule is CC(C)C(CN)c1ccc(F)cc1Cl. The zero-order valence-corrected chi connectivity index (χ0v) is 9.18. The van der Waals surface area contributed by atoms with Crippen LogP contribution in [-0.4, -0.2) is 6.54 Å². The highest BCUT2D eigenvalue weighted by Crippen LogP contribution is 2.29. The van der Waals surface area contributed by atoms with E-state index < -0.39 is 0 Å². The van der Waals surface area contributed by atoms with Crippen molar-refractivity contribution in [3.63, 3.8) is 0 Å². The highest BCUT2D eigenvalue weighted by Gasteiger charge is 2.16. The summed E-state index contributed by atoms with van der Waals surface area (Å²) in [6.07, 6.45) is 0.